The van der Waals surface area contributed by atoms with E-state index >= 15 is 0 Å². The molecule has 1 aromatic rings. The van der Waals surface area contributed by atoms with Crippen LogP contribution in [0.3, 0.4) is 0 Å². The normalized spacial score (nSPS) is 27.2. The van der Waals surface area contributed by atoms with Crippen LogP contribution in [0.25, 0.3) is 6.08 Å². The molecule has 0 aliphatic carbocycles. The van der Waals surface area contributed by atoms with Gasteiger partial charge in [0, 0.05) is 12.6 Å². The molecule has 0 bridgehead atoms. The third kappa shape index (κ3) is 2.96. The van der Waals surface area contributed by atoms with Crippen LogP contribution in [0.2, 0.25) is 0 Å². The fraction of sp³-hybridized carbons (Fsp3) is 0.455. The SMILES string of the molecule is O=c1[nH]c(=O)n([C@@H]2O[C@H](CO)C[C@H]2O)cc1/C=C/I. The van der Waals surface area contributed by atoms with Crippen molar-refractivity contribution in [1.29, 1.82) is 0 Å². The molecule has 0 aromatic carbocycles. The van der Waals surface area contributed by atoms with Gasteiger partial charge in [0.2, 0.25) is 0 Å². The van der Waals surface area contributed by atoms with Crippen molar-refractivity contribution in [2.24, 2.45) is 0 Å². The second-order valence-electron chi connectivity index (χ2n) is 4.18. The molecule has 0 saturated carbocycles. The Hall–Kier alpha value is -0.970. The van der Waals surface area contributed by atoms with Crippen LogP contribution < -0.4 is 11.2 Å². The van der Waals surface area contributed by atoms with Crippen LogP contribution in [-0.4, -0.2) is 38.6 Å². The van der Waals surface area contributed by atoms with Crippen molar-refractivity contribution in [2.45, 2.75) is 24.9 Å². The Balaban J connectivity index is 2.42. The van der Waals surface area contributed by atoms with E-state index < -0.39 is 29.7 Å². The van der Waals surface area contributed by atoms with Gasteiger partial charge in [0.1, 0.15) is 6.10 Å². The highest BCUT2D eigenvalue weighted by Crippen LogP contribution is 2.27. The van der Waals surface area contributed by atoms with Crippen LogP contribution in [0.4, 0.5) is 0 Å². The van der Waals surface area contributed by atoms with Gasteiger partial charge in [0.05, 0.1) is 18.3 Å². The summed E-state index contributed by atoms with van der Waals surface area (Å²) in [4.78, 5) is 25.5. The van der Waals surface area contributed by atoms with E-state index in [0.717, 1.165) is 4.57 Å². The summed E-state index contributed by atoms with van der Waals surface area (Å²) in [7, 11) is 0. The predicted octanol–water partition coefficient (Wildman–Crippen LogP) is -0.417. The van der Waals surface area contributed by atoms with Crippen LogP contribution in [0.5, 0.6) is 0 Å². The molecule has 2 heterocycles. The molecule has 104 valence electrons. The minimum Gasteiger partial charge on any atom is -0.394 e. The Bertz CT molecular complexity index is 593. The summed E-state index contributed by atoms with van der Waals surface area (Å²) < 4.78 is 8.15. The van der Waals surface area contributed by atoms with Crippen molar-refractivity contribution in [1.82, 2.24) is 9.55 Å². The van der Waals surface area contributed by atoms with Crippen molar-refractivity contribution >= 4 is 28.7 Å². The number of hydrogen-bond acceptors (Lipinski definition) is 5. The van der Waals surface area contributed by atoms with Crippen LogP contribution in [0.15, 0.2) is 19.9 Å². The zero-order valence-corrected chi connectivity index (χ0v) is 12.0. The lowest BCUT2D eigenvalue weighted by molar-refractivity contribution is -0.0530. The van der Waals surface area contributed by atoms with Gasteiger partial charge in [-0.3, -0.25) is 14.3 Å². The maximum absolute atomic E-state index is 11.8. The number of aromatic nitrogens is 2. The molecular weight excluding hydrogens is 367 g/mol. The van der Waals surface area contributed by atoms with Crippen LogP contribution in [-0.2, 0) is 4.74 Å². The molecule has 1 aliphatic heterocycles. The molecule has 0 unspecified atom stereocenters. The molecule has 1 aliphatic rings. The first-order valence-electron chi connectivity index (χ1n) is 5.63. The van der Waals surface area contributed by atoms with Gasteiger partial charge in [-0.25, -0.2) is 4.79 Å². The van der Waals surface area contributed by atoms with Gasteiger partial charge in [-0.1, -0.05) is 22.6 Å². The lowest BCUT2D eigenvalue weighted by atomic mass is 10.2. The third-order valence-corrected chi connectivity index (χ3v) is 3.24. The van der Waals surface area contributed by atoms with E-state index in [1.165, 1.54) is 6.20 Å². The quantitative estimate of drug-likeness (QED) is 0.619. The number of aliphatic hydroxyl groups excluding tert-OH is 2. The Morgan fingerprint density at radius 1 is 1.58 bits per heavy atom. The Labute approximate surface area is 121 Å². The van der Waals surface area contributed by atoms with Crippen LogP contribution >= 0.6 is 22.6 Å². The van der Waals surface area contributed by atoms with E-state index in [-0.39, 0.29) is 18.6 Å². The first-order valence-corrected chi connectivity index (χ1v) is 6.88. The minimum atomic E-state index is -0.905. The molecule has 3 N–H and O–H groups in total. The van der Waals surface area contributed by atoms with Gasteiger partial charge in [-0.2, -0.15) is 0 Å². The van der Waals surface area contributed by atoms with Gasteiger partial charge in [0.15, 0.2) is 6.23 Å². The number of ether oxygens (including phenoxy) is 1. The molecule has 0 radical (unpaired) electrons. The Kier molecular flexibility index (Phi) is 4.55. The lowest BCUT2D eigenvalue weighted by Gasteiger charge is -2.17. The van der Waals surface area contributed by atoms with Crippen molar-refractivity contribution in [3.05, 3.63) is 36.7 Å². The number of aliphatic hydroxyl groups is 2. The largest absolute Gasteiger partial charge is 0.394 e. The number of hydrogen-bond donors (Lipinski definition) is 3. The zero-order valence-electron chi connectivity index (χ0n) is 9.82. The summed E-state index contributed by atoms with van der Waals surface area (Å²) in [5.74, 6) is 0. The first-order chi connectivity index (χ1) is 9.06. The second-order valence-corrected chi connectivity index (χ2v) is 4.90. The molecule has 19 heavy (non-hydrogen) atoms. The highest BCUT2D eigenvalue weighted by molar-refractivity contribution is 14.1. The van der Waals surface area contributed by atoms with E-state index in [1.54, 1.807) is 10.2 Å². The first kappa shape index (κ1) is 14.4. The second kappa shape index (κ2) is 5.99. The highest BCUT2D eigenvalue weighted by atomic mass is 127. The number of H-pyrrole nitrogens is 1. The van der Waals surface area contributed by atoms with E-state index in [1.807, 2.05) is 22.6 Å². The maximum atomic E-state index is 11.8. The predicted molar refractivity (Wildman–Crippen MR) is 76.0 cm³/mol. The summed E-state index contributed by atoms with van der Waals surface area (Å²) in [5, 5.41) is 18.9. The number of halogens is 1. The Morgan fingerprint density at radius 2 is 2.32 bits per heavy atom. The fourth-order valence-corrected chi connectivity index (χ4v) is 2.36. The lowest BCUT2D eigenvalue weighted by Crippen LogP contribution is -2.36. The van der Waals surface area contributed by atoms with E-state index in [9.17, 15) is 14.7 Å². The molecule has 8 heteroatoms. The molecule has 0 amide bonds. The van der Waals surface area contributed by atoms with Crippen LogP contribution in [0, 0.1) is 0 Å². The van der Waals surface area contributed by atoms with Gasteiger partial charge >= 0.3 is 5.69 Å². The average Bonchev–Trinajstić information content (AvgIpc) is 2.74. The molecule has 1 fully saturated rings. The summed E-state index contributed by atoms with van der Waals surface area (Å²) in [6.07, 6.45) is 0.802. The van der Waals surface area contributed by atoms with Crippen molar-refractivity contribution in [2.75, 3.05) is 6.61 Å². The van der Waals surface area contributed by atoms with Crippen LogP contribution in [0.1, 0.15) is 18.2 Å². The molecular formula is C11H13IN2O5. The average molecular weight is 380 g/mol. The van der Waals surface area contributed by atoms with Gasteiger partial charge in [0.25, 0.3) is 5.56 Å². The molecule has 1 aromatic heterocycles. The summed E-state index contributed by atoms with van der Waals surface area (Å²) in [5.41, 5.74) is -0.865. The number of rotatable bonds is 3. The zero-order chi connectivity index (χ0) is 14.0. The topological polar surface area (TPSA) is 105 Å². The third-order valence-electron chi connectivity index (χ3n) is 2.88. The van der Waals surface area contributed by atoms with Crippen molar-refractivity contribution in [3.8, 4) is 0 Å². The summed E-state index contributed by atoms with van der Waals surface area (Å²) >= 11 is 1.96. The molecule has 2 rings (SSSR count). The van der Waals surface area contributed by atoms with Gasteiger partial charge in [-0.05, 0) is 10.2 Å². The summed E-state index contributed by atoms with van der Waals surface area (Å²) in [6.45, 7) is -0.230. The minimum absolute atomic E-state index is 0.230. The molecule has 7 nitrogen and oxygen atoms in total. The Morgan fingerprint density at radius 3 is 2.89 bits per heavy atom. The smallest absolute Gasteiger partial charge is 0.330 e. The molecule has 1 saturated heterocycles. The summed E-state index contributed by atoms with van der Waals surface area (Å²) in [6, 6.07) is 0. The van der Waals surface area contributed by atoms with E-state index in [2.05, 4.69) is 4.98 Å². The van der Waals surface area contributed by atoms with E-state index in [4.69, 9.17) is 9.84 Å². The monoisotopic (exact) mass is 380 g/mol. The van der Waals surface area contributed by atoms with E-state index in [0.29, 0.717) is 0 Å². The highest BCUT2D eigenvalue weighted by Gasteiger charge is 2.35. The maximum Gasteiger partial charge on any atom is 0.330 e. The number of nitrogens with zero attached hydrogens (tertiary/aromatic N) is 1. The number of nitrogens with one attached hydrogen (secondary N) is 1. The van der Waals surface area contributed by atoms with Crippen molar-refractivity contribution in [3.63, 3.8) is 0 Å². The van der Waals surface area contributed by atoms with Gasteiger partial charge in [-0.15, -0.1) is 0 Å². The fourth-order valence-electron chi connectivity index (χ4n) is 1.97. The standard InChI is InChI=1S/C11H13IN2O5/c12-2-1-6-4-14(11(18)13-9(6)17)10-8(16)3-7(5-15)19-10/h1-2,4,7-8,10,15-16H,3,5H2,(H,13,17,18)/b2-1+/t7-,8+,10+/m0/s1. The molecule has 3 atom stereocenters. The van der Waals surface area contributed by atoms with Crippen molar-refractivity contribution < 1.29 is 14.9 Å². The number of aromatic amines is 1. The molecule has 0 spiro atoms. The van der Waals surface area contributed by atoms with Gasteiger partial charge < -0.3 is 14.9 Å².